The summed E-state index contributed by atoms with van der Waals surface area (Å²) >= 11 is 1.32. The molecule has 2 amide bonds. The fourth-order valence-corrected chi connectivity index (χ4v) is 4.17. The van der Waals surface area contributed by atoms with Gasteiger partial charge < -0.3 is 19.5 Å². The Morgan fingerprint density at radius 2 is 1.81 bits per heavy atom. The average Bonchev–Trinajstić information content (AvgIpc) is 3.53. The minimum Gasteiger partial charge on any atom is -0.491 e. The maximum atomic E-state index is 12.8. The zero-order chi connectivity index (χ0) is 26.4. The number of aliphatic carboxylic acids is 1. The SMILES string of the molecule is CC(C)Oc1cc(Oc2ccc(N(CC3CC3)C(=O)CCC(=O)O)cc2)cc(C(=O)Nc2nccs2)c1. The van der Waals surface area contributed by atoms with Crippen LogP contribution < -0.4 is 19.7 Å². The van der Waals surface area contributed by atoms with E-state index in [9.17, 15) is 14.4 Å². The van der Waals surface area contributed by atoms with Crippen molar-refractivity contribution in [2.24, 2.45) is 5.92 Å². The molecule has 37 heavy (non-hydrogen) atoms. The normalized spacial score (nSPS) is 12.7. The van der Waals surface area contributed by atoms with Crippen LogP contribution in [0, 0.1) is 5.92 Å². The molecule has 0 spiro atoms. The molecule has 194 valence electrons. The first kappa shape index (κ1) is 26.2. The number of hydrogen-bond acceptors (Lipinski definition) is 7. The van der Waals surface area contributed by atoms with E-state index in [-0.39, 0.29) is 30.8 Å². The molecule has 2 aromatic carbocycles. The summed E-state index contributed by atoms with van der Waals surface area (Å²) in [6, 6.07) is 12.0. The standard InChI is InChI=1S/C27H29N3O6S/c1-17(2)35-22-13-19(26(34)29-27-28-11-12-37-27)14-23(15-22)36-21-7-5-20(6-8-21)30(16-18-3-4-18)24(31)9-10-25(32)33/h5-8,11-15,17-18H,3-4,9-10,16H2,1-2H3,(H,32,33)(H,28,29,34). The van der Waals surface area contributed by atoms with Gasteiger partial charge in [0.25, 0.3) is 5.91 Å². The summed E-state index contributed by atoms with van der Waals surface area (Å²) in [6.45, 7) is 4.37. The Morgan fingerprint density at radius 3 is 2.43 bits per heavy atom. The van der Waals surface area contributed by atoms with Crippen LogP contribution in [0.1, 0.15) is 49.9 Å². The van der Waals surface area contributed by atoms with Crippen LogP contribution >= 0.6 is 11.3 Å². The van der Waals surface area contributed by atoms with Crippen molar-refractivity contribution in [2.45, 2.75) is 45.6 Å². The molecular weight excluding hydrogens is 494 g/mol. The fraction of sp³-hybridized carbons (Fsp3) is 0.333. The van der Waals surface area contributed by atoms with Crippen LogP contribution in [0.4, 0.5) is 10.8 Å². The van der Waals surface area contributed by atoms with Crippen LogP contribution in [0.5, 0.6) is 17.2 Å². The summed E-state index contributed by atoms with van der Waals surface area (Å²) in [6.07, 6.45) is 3.40. The van der Waals surface area contributed by atoms with Gasteiger partial charge in [0.1, 0.15) is 17.2 Å². The van der Waals surface area contributed by atoms with Crippen molar-refractivity contribution in [3.05, 3.63) is 59.6 Å². The number of ether oxygens (including phenoxy) is 2. The lowest BCUT2D eigenvalue weighted by molar-refractivity contribution is -0.138. The second-order valence-electron chi connectivity index (χ2n) is 9.09. The van der Waals surface area contributed by atoms with Gasteiger partial charge in [-0.1, -0.05) is 0 Å². The number of nitrogens with zero attached hydrogens (tertiary/aromatic N) is 2. The molecule has 9 nitrogen and oxygen atoms in total. The Balaban J connectivity index is 1.51. The summed E-state index contributed by atoms with van der Waals surface area (Å²) in [5, 5.41) is 14.0. The second kappa shape index (κ2) is 11.9. The lowest BCUT2D eigenvalue weighted by Crippen LogP contribution is -2.33. The summed E-state index contributed by atoms with van der Waals surface area (Å²) in [7, 11) is 0. The van der Waals surface area contributed by atoms with E-state index < -0.39 is 5.97 Å². The summed E-state index contributed by atoms with van der Waals surface area (Å²) < 4.78 is 11.9. The van der Waals surface area contributed by atoms with Crippen molar-refractivity contribution in [2.75, 3.05) is 16.8 Å². The van der Waals surface area contributed by atoms with Crippen LogP contribution in [-0.4, -0.2) is 40.5 Å². The van der Waals surface area contributed by atoms with Crippen molar-refractivity contribution >= 4 is 39.9 Å². The van der Waals surface area contributed by atoms with Crippen molar-refractivity contribution in [1.82, 2.24) is 4.98 Å². The minimum atomic E-state index is -0.994. The molecule has 0 bridgehead atoms. The van der Waals surface area contributed by atoms with Crippen LogP contribution in [0.25, 0.3) is 0 Å². The Bertz CT molecular complexity index is 1240. The molecule has 1 aliphatic rings. The number of amides is 2. The molecule has 1 heterocycles. The molecule has 0 unspecified atom stereocenters. The molecule has 10 heteroatoms. The Morgan fingerprint density at radius 1 is 1.08 bits per heavy atom. The van der Waals surface area contributed by atoms with Crippen molar-refractivity contribution in [3.8, 4) is 17.2 Å². The number of carboxylic acids is 1. The van der Waals surface area contributed by atoms with E-state index in [2.05, 4.69) is 10.3 Å². The zero-order valence-corrected chi connectivity index (χ0v) is 21.5. The predicted molar refractivity (Wildman–Crippen MR) is 141 cm³/mol. The monoisotopic (exact) mass is 523 g/mol. The third kappa shape index (κ3) is 7.78. The first-order valence-electron chi connectivity index (χ1n) is 12.1. The topological polar surface area (TPSA) is 118 Å². The Kier molecular flexibility index (Phi) is 8.39. The molecule has 0 radical (unpaired) electrons. The number of carbonyl (C=O) groups is 3. The quantitative estimate of drug-likeness (QED) is 0.318. The van der Waals surface area contributed by atoms with Gasteiger partial charge in [0.2, 0.25) is 5.91 Å². The van der Waals surface area contributed by atoms with E-state index in [4.69, 9.17) is 14.6 Å². The van der Waals surface area contributed by atoms with Gasteiger partial charge in [-0.25, -0.2) is 4.98 Å². The minimum absolute atomic E-state index is 0.0468. The van der Waals surface area contributed by atoms with Crippen molar-refractivity contribution in [1.29, 1.82) is 0 Å². The van der Waals surface area contributed by atoms with E-state index in [1.165, 1.54) is 11.3 Å². The predicted octanol–water partition coefficient (Wildman–Crippen LogP) is 5.58. The number of aromatic nitrogens is 1. The highest BCUT2D eigenvalue weighted by Gasteiger charge is 2.28. The largest absolute Gasteiger partial charge is 0.491 e. The fourth-order valence-electron chi connectivity index (χ4n) is 3.65. The molecule has 1 aromatic heterocycles. The van der Waals surface area contributed by atoms with Gasteiger partial charge in [0, 0.05) is 41.9 Å². The number of carboxylic acid groups (broad SMARTS) is 1. The number of rotatable bonds is 12. The number of thiazole rings is 1. The zero-order valence-electron chi connectivity index (χ0n) is 20.7. The van der Waals surface area contributed by atoms with Crippen LogP contribution in [0.2, 0.25) is 0 Å². The summed E-state index contributed by atoms with van der Waals surface area (Å²) in [5.41, 5.74) is 1.05. The van der Waals surface area contributed by atoms with E-state index in [1.54, 1.807) is 58.9 Å². The number of carbonyl (C=O) groups excluding carboxylic acids is 2. The van der Waals surface area contributed by atoms with Gasteiger partial charge >= 0.3 is 5.97 Å². The number of nitrogens with one attached hydrogen (secondary N) is 1. The third-order valence-electron chi connectivity index (χ3n) is 5.54. The van der Waals surface area contributed by atoms with E-state index in [0.29, 0.717) is 46.1 Å². The molecule has 1 aliphatic carbocycles. The lowest BCUT2D eigenvalue weighted by atomic mass is 10.2. The molecule has 1 fully saturated rings. The van der Waals surface area contributed by atoms with Crippen LogP contribution in [-0.2, 0) is 9.59 Å². The number of anilines is 2. The van der Waals surface area contributed by atoms with Gasteiger partial charge in [-0.3, -0.25) is 19.7 Å². The van der Waals surface area contributed by atoms with Gasteiger partial charge in [0.05, 0.1) is 12.5 Å². The molecule has 0 aliphatic heterocycles. The smallest absolute Gasteiger partial charge is 0.303 e. The van der Waals surface area contributed by atoms with Gasteiger partial charge in [0.15, 0.2) is 5.13 Å². The Labute approximate surface area is 219 Å². The third-order valence-corrected chi connectivity index (χ3v) is 6.23. The first-order valence-corrected chi connectivity index (χ1v) is 13.0. The van der Waals surface area contributed by atoms with Crippen LogP contribution in [0.3, 0.4) is 0 Å². The van der Waals surface area contributed by atoms with E-state index >= 15 is 0 Å². The lowest BCUT2D eigenvalue weighted by Gasteiger charge is -2.23. The summed E-state index contributed by atoms with van der Waals surface area (Å²) in [5.74, 6) is 0.336. The van der Waals surface area contributed by atoms with Crippen molar-refractivity contribution in [3.63, 3.8) is 0 Å². The molecule has 0 saturated heterocycles. The Hall–Kier alpha value is -3.92. The summed E-state index contributed by atoms with van der Waals surface area (Å²) in [4.78, 5) is 42.2. The highest BCUT2D eigenvalue weighted by molar-refractivity contribution is 7.13. The molecule has 4 rings (SSSR count). The molecular formula is C27H29N3O6S. The molecule has 0 atom stereocenters. The molecule has 1 saturated carbocycles. The highest BCUT2D eigenvalue weighted by atomic mass is 32.1. The number of hydrogen-bond donors (Lipinski definition) is 2. The van der Waals surface area contributed by atoms with Gasteiger partial charge in [-0.05, 0) is 69.0 Å². The number of benzene rings is 2. The first-order chi connectivity index (χ1) is 17.8. The van der Waals surface area contributed by atoms with Gasteiger partial charge in [-0.15, -0.1) is 11.3 Å². The second-order valence-corrected chi connectivity index (χ2v) is 9.98. The van der Waals surface area contributed by atoms with Gasteiger partial charge in [-0.2, -0.15) is 0 Å². The maximum absolute atomic E-state index is 12.8. The average molecular weight is 524 g/mol. The van der Waals surface area contributed by atoms with E-state index in [0.717, 1.165) is 12.8 Å². The highest BCUT2D eigenvalue weighted by Crippen LogP contribution is 2.33. The maximum Gasteiger partial charge on any atom is 0.303 e. The molecule has 2 N–H and O–H groups in total. The van der Waals surface area contributed by atoms with E-state index in [1.807, 2.05) is 13.8 Å². The molecule has 3 aromatic rings. The van der Waals surface area contributed by atoms with Crippen molar-refractivity contribution < 1.29 is 29.0 Å². The van der Waals surface area contributed by atoms with Crippen LogP contribution in [0.15, 0.2) is 54.0 Å².